The molecule has 376 valence electrons. The van der Waals surface area contributed by atoms with Crippen LogP contribution >= 0.6 is 0 Å². The summed E-state index contributed by atoms with van der Waals surface area (Å²) in [5, 5.41) is 94.5. The summed E-state index contributed by atoms with van der Waals surface area (Å²) < 4.78 is 19.9. The van der Waals surface area contributed by atoms with E-state index in [9.17, 15) is 60.0 Å². The molecule has 0 aliphatic heterocycles. The first-order valence-corrected chi connectivity index (χ1v) is 21.3. The molecule has 72 heavy (non-hydrogen) atoms. The topological polar surface area (TPSA) is 308 Å². The van der Waals surface area contributed by atoms with E-state index in [-0.39, 0.29) is 93.0 Å². The van der Waals surface area contributed by atoms with Crippen LogP contribution in [0.1, 0.15) is 70.0 Å². The minimum absolute atomic E-state index is 0.0159. The molecule has 18 heteroatoms. The van der Waals surface area contributed by atoms with Gasteiger partial charge in [-0.2, -0.15) is 0 Å². The predicted molar refractivity (Wildman–Crippen MR) is 264 cm³/mol. The number of carbonyl (C=O) groups excluding carboxylic acids is 4. The third-order valence-corrected chi connectivity index (χ3v) is 10.3. The molecule has 6 aromatic rings. The molecule has 0 heterocycles. The van der Waals surface area contributed by atoms with Gasteiger partial charge in [-0.25, -0.2) is 0 Å². The van der Waals surface area contributed by atoms with Crippen LogP contribution in [-0.2, 0) is 31.2 Å². The molecular weight excluding hydrogens is 937 g/mol. The van der Waals surface area contributed by atoms with E-state index >= 15 is 0 Å². The first-order valence-electron chi connectivity index (χ1n) is 21.3. The standard InChI is InChI=1S/C19H18O5.C18H18O8.C17H16O5/c1-24-19-11-14(5-9-18(19)23)3-7-16(21)6-2-13-4-8-17(22)15(10-13)12-20;1-25-13-5-9(3-11(7-19)15(13)21)17(23)18(24)10-4-12(8-20)16(22)14(6-10)26-2;1-22-17-8-11(3-6-16(17)21)2-5-14(19)12-4-7-15(20)13(9-12)10-18/h2-11,20,22-23H,12H2,1H3;3-6,19-22H,7-8H2,1-2H3;2-9,18,20-21H,10H2,1H3/b6-2+,7-3+;;5-2+. The Morgan fingerprint density at radius 3 is 1.14 bits per heavy atom. The van der Waals surface area contributed by atoms with E-state index in [2.05, 4.69) is 0 Å². The van der Waals surface area contributed by atoms with E-state index in [0.29, 0.717) is 39.3 Å². The van der Waals surface area contributed by atoms with Crippen LogP contribution in [0, 0.1) is 0 Å². The van der Waals surface area contributed by atoms with E-state index in [4.69, 9.17) is 29.2 Å². The van der Waals surface area contributed by atoms with E-state index in [1.54, 1.807) is 54.6 Å². The van der Waals surface area contributed by atoms with E-state index in [1.165, 1.54) is 107 Å². The van der Waals surface area contributed by atoms with Crippen molar-refractivity contribution in [3.8, 4) is 57.5 Å². The Morgan fingerprint density at radius 1 is 0.389 bits per heavy atom. The van der Waals surface area contributed by atoms with Gasteiger partial charge in [-0.05, 0) is 114 Å². The van der Waals surface area contributed by atoms with Crippen LogP contribution in [0.4, 0.5) is 0 Å². The quantitative estimate of drug-likeness (QED) is 0.0248. The van der Waals surface area contributed by atoms with Gasteiger partial charge in [0.15, 0.2) is 57.6 Å². The summed E-state index contributed by atoms with van der Waals surface area (Å²) >= 11 is 0. The van der Waals surface area contributed by atoms with Crippen molar-refractivity contribution >= 4 is 41.4 Å². The maximum absolute atomic E-state index is 12.5. The Morgan fingerprint density at radius 2 is 0.736 bits per heavy atom. The van der Waals surface area contributed by atoms with Crippen molar-refractivity contribution in [2.75, 3.05) is 28.4 Å². The molecule has 0 saturated heterocycles. The van der Waals surface area contributed by atoms with Crippen molar-refractivity contribution in [2.45, 2.75) is 26.4 Å². The van der Waals surface area contributed by atoms with Crippen LogP contribution in [0.5, 0.6) is 57.5 Å². The van der Waals surface area contributed by atoms with Crippen molar-refractivity contribution in [3.05, 3.63) is 171 Å². The normalized spacial score (nSPS) is 10.8. The number of phenolic OH excluding ortho intramolecular Hbond substituents is 2. The van der Waals surface area contributed by atoms with Gasteiger partial charge in [0.25, 0.3) is 0 Å². The number of ether oxygens (including phenoxy) is 4. The lowest BCUT2D eigenvalue weighted by Crippen LogP contribution is -2.15. The van der Waals surface area contributed by atoms with Crippen LogP contribution in [0.2, 0.25) is 0 Å². The molecular formula is C54H52O18. The second-order valence-electron chi connectivity index (χ2n) is 15.0. The summed E-state index contributed by atoms with van der Waals surface area (Å²) in [7, 11) is 5.44. The SMILES string of the molecule is COc1cc(/C=C/C(=O)/C=C/c2ccc(O)c(CO)c2)ccc1O.COc1cc(/C=C/C(=O)c2ccc(O)c(CO)c2)ccc1O.COc1cc(C(=O)C(=O)c2cc(CO)c(O)c(OC)c2)cc(CO)c1O. The molecule has 18 nitrogen and oxygen atoms in total. The number of aliphatic hydroxyl groups is 4. The van der Waals surface area contributed by atoms with Crippen molar-refractivity contribution in [3.63, 3.8) is 0 Å². The lowest BCUT2D eigenvalue weighted by molar-refractivity contribution is -0.110. The highest BCUT2D eigenvalue weighted by Crippen LogP contribution is 2.35. The van der Waals surface area contributed by atoms with Crippen molar-refractivity contribution < 1.29 is 89.2 Å². The summed E-state index contributed by atoms with van der Waals surface area (Å²) in [6.07, 6.45) is 8.97. The van der Waals surface area contributed by atoms with Crippen LogP contribution in [0.25, 0.3) is 18.2 Å². The minimum Gasteiger partial charge on any atom is -0.508 e. The largest absolute Gasteiger partial charge is 0.508 e. The van der Waals surface area contributed by atoms with E-state index in [0.717, 1.165) is 5.56 Å². The third kappa shape index (κ3) is 14.8. The third-order valence-electron chi connectivity index (χ3n) is 10.3. The van der Waals surface area contributed by atoms with E-state index < -0.39 is 24.8 Å². The van der Waals surface area contributed by atoms with Crippen molar-refractivity contribution in [1.82, 2.24) is 0 Å². The van der Waals surface area contributed by atoms with Crippen LogP contribution in [0.15, 0.2) is 115 Å². The number of phenols is 6. The van der Waals surface area contributed by atoms with Gasteiger partial charge in [0.2, 0.25) is 11.6 Å². The molecule has 0 unspecified atom stereocenters. The molecule has 10 N–H and O–H groups in total. The maximum Gasteiger partial charge on any atom is 0.233 e. The molecule has 6 rings (SSSR count). The van der Waals surface area contributed by atoms with Crippen molar-refractivity contribution in [1.29, 1.82) is 0 Å². The number of aliphatic hydroxyl groups excluding tert-OH is 4. The Hall–Kier alpha value is -8.94. The van der Waals surface area contributed by atoms with Gasteiger partial charge in [-0.15, -0.1) is 0 Å². The fraction of sp³-hybridized carbons (Fsp3) is 0.148. The molecule has 0 aliphatic rings. The van der Waals surface area contributed by atoms with Gasteiger partial charge >= 0.3 is 0 Å². The van der Waals surface area contributed by atoms with Gasteiger partial charge in [0.1, 0.15) is 11.5 Å². The summed E-state index contributed by atoms with van der Waals surface area (Å²) in [4.78, 5) is 49.1. The molecule has 0 amide bonds. The zero-order valence-corrected chi connectivity index (χ0v) is 39.3. The van der Waals surface area contributed by atoms with E-state index in [1.807, 2.05) is 0 Å². The number of ketones is 4. The molecule has 0 spiro atoms. The zero-order chi connectivity index (χ0) is 53.1. The number of benzene rings is 6. The number of hydrogen-bond acceptors (Lipinski definition) is 18. The van der Waals surface area contributed by atoms with Crippen molar-refractivity contribution in [2.24, 2.45) is 0 Å². The van der Waals surface area contributed by atoms with Crippen LogP contribution in [-0.4, -0.2) is 103 Å². The number of hydrogen-bond donors (Lipinski definition) is 10. The Bertz CT molecular complexity index is 2820. The lowest BCUT2D eigenvalue weighted by Gasteiger charge is -2.12. The van der Waals surface area contributed by atoms with Gasteiger partial charge in [0, 0.05) is 38.9 Å². The summed E-state index contributed by atoms with van der Waals surface area (Å²) in [6, 6.07) is 23.3. The molecule has 6 aromatic carbocycles. The lowest BCUT2D eigenvalue weighted by atomic mass is 9.97. The molecule has 0 bridgehead atoms. The monoisotopic (exact) mass is 988 g/mol. The first-order chi connectivity index (χ1) is 34.4. The van der Waals surface area contributed by atoms with Crippen LogP contribution in [0.3, 0.4) is 0 Å². The molecule has 0 aromatic heterocycles. The predicted octanol–water partition coefficient (Wildman–Crippen LogP) is 6.55. The number of methoxy groups -OCH3 is 4. The van der Waals surface area contributed by atoms with Gasteiger partial charge < -0.3 is 70.0 Å². The fourth-order valence-electron chi connectivity index (χ4n) is 6.39. The smallest absolute Gasteiger partial charge is 0.233 e. The number of rotatable bonds is 18. The first kappa shape index (κ1) is 55.7. The maximum atomic E-state index is 12.5. The second-order valence-corrected chi connectivity index (χ2v) is 15.0. The molecule has 0 atom stereocenters. The number of allylic oxidation sites excluding steroid dienone is 3. The molecule has 0 saturated carbocycles. The number of carbonyl (C=O) groups is 4. The molecule has 0 fully saturated rings. The summed E-state index contributed by atoms with van der Waals surface area (Å²) in [6.45, 7) is -1.73. The zero-order valence-electron chi connectivity index (χ0n) is 39.3. The number of Topliss-reactive ketones (excluding diaryl/α,β-unsaturated/α-hetero) is 2. The van der Waals surface area contributed by atoms with Gasteiger partial charge in [-0.3, -0.25) is 19.2 Å². The summed E-state index contributed by atoms with van der Waals surface area (Å²) in [5.74, 6) is -2.42. The van der Waals surface area contributed by atoms with Crippen LogP contribution < -0.4 is 18.9 Å². The minimum atomic E-state index is -0.922. The highest BCUT2D eigenvalue weighted by molar-refractivity contribution is 6.49. The fourth-order valence-corrected chi connectivity index (χ4v) is 6.39. The second kappa shape index (κ2) is 26.7. The Labute approximate surface area is 412 Å². The average molecular weight is 989 g/mol. The summed E-state index contributed by atoms with van der Waals surface area (Å²) in [5.41, 5.74) is 3.05. The highest BCUT2D eigenvalue weighted by Gasteiger charge is 2.24. The molecule has 0 aliphatic carbocycles. The molecule has 0 radical (unpaired) electrons. The highest BCUT2D eigenvalue weighted by atomic mass is 16.5. The van der Waals surface area contributed by atoms with Gasteiger partial charge in [0.05, 0.1) is 54.9 Å². The Kier molecular flexibility index (Phi) is 20.7. The average Bonchev–Trinajstić information content (AvgIpc) is 3.40. The Balaban J connectivity index is 0.000000235. The number of aromatic hydroxyl groups is 6. The van der Waals surface area contributed by atoms with Gasteiger partial charge in [-0.1, -0.05) is 36.4 Å².